The van der Waals surface area contributed by atoms with Crippen LogP contribution in [0.3, 0.4) is 0 Å². The van der Waals surface area contributed by atoms with Crippen molar-refractivity contribution in [2.75, 3.05) is 12.5 Å². The number of rotatable bonds is 5. The Morgan fingerprint density at radius 3 is 2.76 bits per heavy atom. The van der Waals surface area contributed by atoms with Gasteiger partial charge >= 0.3 is 0 Å². The van der Waals surface area contributed by atoms with Gasteiger partial charge in [0.25, 0.3) is 0 Å². The van der Waals surface area contributed by atoms with Crippen LogP contribution in [0.5, 0.6) is 0 Å². The van der Waals surface area contributed by atoms with Gasteiger partial charge in [0.05, 0.1) is 5.69 Å². The second-order valence-electron chi connectivity index (χ2n) is 5.17. The predicted molar refractivity (Wildman–Crippen MR) is 69.4 cm³/mol. The van der Waals surface area contributed by atoms with Crippen LogP contribution >= 0.6 is 0 Å². The number of aryl methyl sites for hydroxylation is 2. The quantitative estimate of drug-likeness (QED) is 0.597. The van der Waals surface area contributed by atoms with Gasteiger partial charge in [-0.25, -0.2) is 5.84 Å². The van der Waals surface area contributed by atoms with E-state index in [1.807, 2.05) is 14.0 Å². The normalized spacial score (nSPS) is 17.5. The number of nitrogens with one attached hydrogen (secondary N) is 1. The highest BCUT2D eigenvalue weighted by atomic mass is 15.4. The van der Waals surface area contributed by atoms with Crippen molar-refractivity contribution in [1.82, 2.24) is 14.7 Å². The molecule has 0 radical (unpaired) electrons. The summed E-state index contributed by atoms with van der Waals surface area (Å²) in [4.78, 5) is 2.39. The number of anilines is 1. The summed E-state index contributed by atoms with van der Waals surface area (Å²) in [6.07, 6.45) is 2.75. The van der Waals surface area contributed by atoms with Crippen molar-refractivity contribution in [2.24, 2.45) is 18.8 Å². The SMILES string of the molecule is Cc1nn(C)c(NN)c1CN(C)C(C)C1CC1. The Bertz CT molecular complexity index is 394. The number of hydrogen-bond donors (Lipinski definition) is 2. The van der Waals surface area contributed by atoms with Gasteiger partial charge in [0, 0.05) is 25.2 Å². The van der Waals surface area contributed by atoms with E-state index in [9.17, 15) is 0 Å². The molecule has 1 heterocycles. The Hall–Kier alpha value is -1.07. The molecule has 0 spiro atoms. The van der Waals surface area contributed by atoms with E-state index in [-0.39, 0.29) is 0 Å². The number of hydrazine groups is 1. The summed E-state index contributed by atoms with van der Waals surface area (Å²) in [5.74, 6) is 7.35. The Morgan fingerprint density at radius 2 is 2.24 bits per heavy atom. The molecule has 2 rings (SSSR count). The van der Waals surface area contributed by atoms with Crippen LogP contribution in [0.25, 0.3) is 0 Å². The van der Waals surface area contributed by atoms with E-state index in [2.05, 4.69) is 29.4 Å². The van der Waals surface area contributed by atoms with E-state index >= 15 is 0 Å². The van der Waals surface area contributed by atoms with Gasteiger partial charge in [0.15, 0.2) is 0 Å². The van der Waals surface area contributed by atoms with Gasteiger partial charge in [0.2, 0.25) is 0 Å². The smallest absolute Gasteiger partial charge is 0.142 e. The highest BCUT2D eigenvalue weighted by Gasteiger charge is 2.31. The lowest BCUT2D eigenvalue weighted by atomic mass is 10.1. The Balaban J connectivity index is 2.11. The molecule has 0 aliphatic heterocycles. The standard InChI is InChI=1S/C12H23N5/c1-8-11(12(14-13)17(4)15-8)7-16(3)9(2)10-5-6-10/h9-10,14H,5-7,13H2,1-4H3. The maximum atomic E-state index is 5.56. The van der Waals surface area contributed by atoms with E-state index in [1.54, 1.807) is 4.68 Å². The zero-order valence-corrected chi connectivity index (χ0v) is 11.2. The van der Waals surface area contributed by atoms with Crippen molar-refractivity contribution in [1.29, 1.82) is 0 Å². The van der Waals surface area contributed by atoms with Crippen LogP contribution in [-0.4, -0.2) is 27.8 Å². The summed E-state index contributed by atoms with van der Waals surface area (Å²) in [5.41, 5.74) is 5.00. The summed E-state index contributed by atoms with van der Waals surface area (Å²) in [6, 6.07) is 0.639. The summed E-state index contributed by atoms with van der Waals surface area (Å²) in [7, 11) is 4.09. The van der Waals surface area contributed by atoms with Gasteiger partial charge < -0.3 is 5.43 Å². The molecule has 0 aromatic carbocycles. The Kier molecular flexibility index (Phi) is 3.40. The third kappa shape index (κ3) is 2.45. The molecule has 1 atom stereocenters. The first kappa shape index (κ1) is 12.4. The van der Waals surface area contributed by atoms with Gasteiger partial charge in [-0.2, -0.15) is 5.10 Å². The zero-order valence-electron chi connectivity index (χ0n) is 11.2. The molecule has 1 aliphatic carbocycles. The molecule has 1 unspecified atom stereocenters. The summed E-state index contributed by atoms with van der Waals surface area (Å²) >= 11 is 0. The Labute approximate surface area is 103 Å². The van der Waals surface area contributed by atoms with Crippen molar-refractivity contribution < 1.29 is 0 Å². The number of nitrogens with two attached hydrogens (primary N) is 1. The summed E-state index contributed by atoms with van der Waals surface area (Å²) in [5, 5.41) is 4.40. The fraction of sp³-hybridized carbons (Fsp3) is 0.750. The molecule has 1 aliphatic rings. The maximum Gasteiger partial charge on any atom is 0.142 e. The van der Waals surface area contributed by atoms with Crippen molar-refractivity contribution in [2.45, 2.75) is 39.3 Å². The number of nitrogen functional groups attached to an aromatic ring is 1. The lowest BCUT2D eigenvalue weighted by molar-refractivity contribution is 0.226. The molecular formula is C12H23N5. The van der Waals surface area contributed by atoms with Gasteiger partial charge in [0.1, 0.15) is 5.82 Å². The fourth-order valence-electron chi connectivity index (χ4n) is 2.40. The molecule has 17 heavy (non-hydrogen) atoms. The molecule has 3 N–H and O–H groups in total. The van der Waals surface area contributed by atoms with Crippen molar-refractivity contribution in [3.63, 3.8) is 0 Å². The molecule has 1 saturated carbocycles. The minimum atomic E-state index is 0.639. The molecule has 5 nitrogen and oxygen atoms in total. The van der Waals surface area contributed by atoms with E-state index < -0.39 is 0 Å². The van der Waals surface area contributed by atoms with E-state index in [4.69, 9.17) is 5.84 Å². The molecule has 1 aromatic heterocycles. The molecule has 0 bridgehead atoms. The number of hydrogen-bond acceptors (Lipinski definition) is 4. The minimum absolute atomic E-state index is 0.639. The average Bonchev–Trinajstić information content (AvgIpc) is 3.07. The fourth-order valence-corrected chi connectivity index (χ4v) is 2.40. The number of aromatic nitrogens is 2. The van der Waals surface area contributed by atoms with Crippen LogP contribution in [0.4, 0.5) is 5.82 Å². The van der Waals surface area contributed by atoms with Crippen LogP contribution in [0, 0.1) is 12.8 Å². The van der Waals surface area contributed by atoms with Crippen molar-refractivity contribution in [3.05, 3.63) is 11.3 Å². The van der Waals surface area contributed by atoms with Crippen LogP contribution < -0.4 is 11.3 Å². The van der Waals surface area contributed by atoms with Gasteiger partial charge in [-0.15, -0.1) is 0 Å². The molecular weight excluding hydrogens is 214 g/mol. The van der Waals surface area contributed by atoms with Gasteiger partial charge in [-0.3, -0.25) is 9.58 Å². The van der Waals surface area contributed by atoms with Crippen LogP contribution in [-0.2, 0) is 13.6 Å². The molecule has 0 saturated heterocycles. The van der Waals surface area contributed by atoms with Crippen molar-refractivity contribution in [3.8, 4) is 0 Å². The van der Waals surface area contributed by atoms with Gasteiger partial charge in [-0.1, -0.05) is 0 Å². The third-order valence-electron chi connectivity index (χ3n) is 3.89. The second kappa shape index (κ2) is 4.66. The van der Waals surface area contributed by atoms with Crippen LogP contribution in [0.15, 0.2) is 0 Å². The number of nitrogens with zero attached hydrogens (tertiary/aromatic N) is 3. The van der Waals surface area contributed by atoms with Gasteiger partial charge in [-0.05, 0) is 39.7 Å². The molecule has 1 fully saturated rings. The molecule has 96 valence electrons. The predicted octanol–water partition coefficient (Wildman–Crippen LogP) is 1.24. The van der Waals surface area contributed by atoms with Crippen LogP contribution in [0.1, 0.15) is 31.0 Å². The minimum Gasteiger partial charge on any atom is -0.308 e. The highest BCUT2D eigenvalue weighted by Crippen LogP contribution is 2.35. The summed E-state index contributed by atoms with van der Waals surface area (Å²) < 4.78 is 1.81. The van der Waals surface area contributed by atoms with E-state index in [0.29, 0.717) is 6.04 Å². The lowest BCUT2D eigenvalue weighted by Crippen LogP contribution is -2.30. The molecule has 5 heteroatoms. The first-order valence-corrected chi connectivity index (χ1v) is 6.24. The average molecular weight is 237 g/mol. The largest absolute Gasteiger partial charge is 0.308 e. The highest BCUT2D eigenvalue weighted by molar-refractivity contribution is 5.46. The monoisotopic (exact) mass is 237 g/mol. The molecule has 0 amide bonds. The van der Waals surface area contributed by atoms with E-state index in [1.165, 1.54) is 18.4 Å². The first-order valence-electron chi connectivity index (χ1n) is 6.24. The van der Waals surface area contributed by atoms with Crippen LogP contribution in [0.2, 0.25) is 0 Å². The maximum absolute atomic E-state index is 5.56. The second-order valence-corrected chi connectivity index (χ2v) is 5.17. The first-order chi connectivity index (χ1) is 8.04. The topological polar surface area (TPSA) is 59.1 Å². The van der Waals surface area contributed by atoms with E-state index in [0.717, 1.165) is 24.0 Å². The third-order valence-corrected chi connectivity index (χ3v) is 3.89. The summed E-state index contributed by atoms with van der Waals surface area (Å²) in [6.45, 7) is 5.24. The molecule has 1 aromatic rings. The zero-order chi connectivity index (χ0) is 12.6. The lowest BCUT2D eigenvalue weighted by Gasteiger charge is -2.24. The van der Waals surface area contributed by atoms with Crippen molar-refractivity contribution >= 4 is 5.82 Å². The Morgan fingerprint density at radius 1 is 1.59 bits per heavy atom.